The number of hydrogen-bond acceptors (Lipinski definition) is 8. The molecular formula is C28H31N3O5S. The van der Waals surface area contributed by atoms with E-state index in [1.165, 1.54) is 11.8 Å². The Kier molecular flexibility index (Phi) is 8.23. The average Bonchev–Trinajstić information content (AvgIpc) is 3.29. The molecule has 0 aromatic heterocycles. The van der Waals surface area contributed by atoms with Crippen LogP contribution >= 0.6 is 11.8 Å². The fourth-order valence-electron chi connectivity index (χ4n) is 4.36. The molecule has 1 amide bonds. The maximum atomic E-state index is 13.6. The molecule has 0 saturated carbocycles. The topological polar surface area (TPSA) is 89.5 Å². The SMILES string of the molecule is CCOC(=O)C1=C(c2ccccc2)N=C2SC=C(CC(=O)NC(C)C)N2[C@H]1c1ccc(OC)cc1OC. The van der Waals surface area contributed by atoms with Gasteiger partial charge in [-0.2, -0.15) is 0 Å². The first-order chi connectivity index (χ1) is 17.9. The number of carbonyl (C=O) groups is 2. The Morgan fingerprint density at radius 2 is 1.86 bits per heavy atom. The van der Waals surface area contributed by atoms with Crippen LogP contribution < -0.4 is 14.8 Å². The van der Waals surface area contributed by atoms with E-state index in [-0.39, 0.29) is 25.0 Å². The number of methoxy groups -OCH3 is 2. The van der Waals surface area contributed by atoms with E-state index in [9.17, 15) is 9.59 Å². The van der Waals surface area contributed by atoms with Gasteiger partial charge in [0.25, 0.3) is 0 Å². The van der Waals surface area contributed by atoms with Gasteiger partial charge in [0.05, 0.1) is 44.6 Å². The third kappa shape index (κ3) is 5.51. The number of fused-ring (bicyclic) bond motifs is 1. The summed E-state index contributed by atoms with van der Waals surface area (Å²) in [5, 5.41) is 5.53. The molecule has 2 heterocycles. The molecule has 0 aliphatic carbocycles. The van der Waals surface area contributed by atoms with Crippen molar-refractivity contribution >= 4 is 34.5 Å². The van der Waals surface area contributed by atoms with Crippen molar-refractivity contribution in [2.45, 2.75) is 39.3 Å². The Labute approximate surface area is 221 Å². The van der Waals surface area contributed by atoms with Gasteiger partial charge in [-0.05, 0) is 38.3 Å². The molecular weight excluding hydrogens is 490 g/mol. The van der Waals surface area contributed by atoms with Crippen molar-refractivity contribution in [1.29, 1.82) is 0 Å². The molecule has 1 atom stereocenters. The van der Waals surface area contributed by atoms with Crippen molar-refractivity contribution in [1.82, 2.24) is 10.2 Å². The Bertz CT molecular complexity index is 1270. The van der Waals surface area contributed by atoms with Crippen LogP contribution in [0.5, 0.6) is 11.5 Å². The van der Waals surface area contributed by atoms with Gasteiger partial charge in [0.1, 0.15) is 11.5 Å². The molecule has 4 rings (SSSR count). The zero-order valence-corrected chi connectivity index (χ0v) is 22.4. The van der Waals surface area contributed by atoms with E-state index in [4.69, 9.17) is 19.2 Å². The van der Waals surface area contributed by atoms with Gasteiger partial charge >= 0.3 is 5.97 Å². The predicted molar refractivity (Wildman–Crippen MR) is 145 cm³/mol. The zero-order chi connectivity index (χ0) is 26.5. The van der Waals surface area contributed by atoms with Crippen molar-refractivity contribution < 1.29 is 23.8 Å². The molecule has 1 N–H and O–H groups in total. The number of amidine groups is 1. The third-order valence-corrected chi connectivity index (χ3v) is 6.77. The Morgan fingerprint density at radius 1 is 1.11 bits per heavy atom. The largest absolute Gasteiger partial charge is 0.497 e. The number of hydrogen-bond donors (Lipinski definition) is 1. The van der Waals surface area contributed by atoms with Crippen LogP contribution in [0.1, 0.15) is 44.4 Å². The molecule has 37 heavy (non-hydrogen) atoms. The first-order valence-electron chi connectivity index (χ1n) is 12.1. The van der Waals surface area contributed by atoms with E-state index < -0.39 is 12.0 Å². The number of nitrogens with zero attached hydrogens (tertiary/aromatic N) is 2. The van der Waals surface area contributed by atoms with Gasteiger partial charge in [-0.1, -0.05) is 42.1 Å². The van der Waals surface area contributed by atoms with Crippen LogP contribution in [0.15, 0.2) is 70.2 Å². The number of esters is 1. The standard InChI is InChI=1S/C28H31N3O5S/c1-6-36-27(33)24-25(18-10-8-7-9-11-18)30-28-31(19(16-37-28)14-23(32)29-17(2)3)26(24)21-13-12-20(34-4)15-22(21)35-5/h7-13,15-17,26H,6,14H2,1-5H3,(H,29,32)/t26-/m0/s1. The second-order valence-corrected chi connectivity index (χ2v) is 9.59. The van der Waals surface area contributed by atoms with Gasteiger partial charge in [-0.25, -0.2) is 9.79 Å². The van der Waals surface area contributed by atoms with Crippen LogP contribution in [0.25, 0.3) is 5.70 Å². The summed E-state index contributed by atoms with van der Waals surface area (Å²) in [6.45, 7) is 5.82. The second kappa shape index (κ2) is 11.6. The molecule has 0 fully saturated rings. The smallest absolute Gasteiger partial charge is 0.338 e. The van der Waals surface area contributed by atoms with Crippen LogP contribution in [0.2, 0.25) is 0 Å². The van der Waals surface area contributed by atoms with Crippen molar-refractivity contribution in [3.63, 3.8) is 0 Å². The molecule has 0 saturated heterocycles. The van der Waals surface area contributed by atoms with Gasteiger partial charge in [0.2, 0.25) is 5.91 Å². The lowest BCUT2D eigenvalue weighted by Crippen LogP contribution is -2.39. The third-order valence-electron chi connectivity index (χ3n) is 5.88. The predicted octanol–water partition coefficient (Wildman–Crippen LogP) is 4.89. The lowest BCUT2D eigenvalue weighted by Gasteiger charge is -2.37. The number of thioether (sulfide) groups is 1. The molecule has 0 bridgehead atoms. The highest BCUT2D eigenvalue weighted by Crippen LogP contribution is 2.49. The summed E-state index contributed by atoms with van der Waals surface area (Å²) < 4.78 is 16.7. The Balaban J connectivity index is 1.93. The first-order valence-corrected chi connectivity index (χ1v) is 13.0. The van der Waals surface area contributed by atoms with Gasteiger partial charge in [0.15, 0.2) is 5.17 Å². The van der Waals surface area contributed by atoms with Crippen LogP contribution in [0.3, 0.4) is 0 Å². The van der Waals surface area contributed by atoms with Crippen molar-refractivity contribution in [3.05, 3.63) is 76.3 Å². The van der Waals surface area contributed by atoms with Crippen LogP contribution in [-0.2, 0) is 14.3 Å². The van der Waals surface area contributed by atoms with Crippen molar-refractivity contribution in [2.75, 3.05) is 20.8 Å². The highest BCUT2D eigenvalue weighted by molar-refractivity contribution is 8.16. The summed E-state index contributed by atoms with van der Waals surface area (Å²) in [7, 11) is 3.16. The van der Waals surface area contributed by atoms with Gasteiger partial charge in [0, 0.05) is 28.9 Å². The summed E-state index contributed by atoms with van der Waals surface area (Å²) in [6.07, 6.45) is 0.135. The number of nitrogens with one attached hydrogen (secondary N) is 1. The van der Waals surface area contributed by atoms with E-state index in [0.29, 0.717) is 27.9 Å². The highest BCUT2D eigenvalue weighted by atomic mass is 32.2. The molecule has 0 radical (unpaired) electrons. The van der Waals surface area contributed by atoms with E-state index in [2.05, 4.69) is 5.32 Å². The molecule has 2 aliphatic rings. The van der Waals surface area contributed by atoms with Crippen LogP contribution in [0.4, 0.5) is 0 Å². The van der Waals surface area contributed by atoms with E-state index in [0.717, 1.165) is 16.8 Å². The monoisotopic (exact) mass is 521 g/mol. The van der Waals surface area contributed by atoms with Crippen molar-refractivity contribution in [2.24, 2.45) is 4.99 Å². The summed E-state index contributed by atoms with van der Waals surface area (Å²) >= 11 is 1.42. The minimum absolute atomic E-state index is 0.00815. The van der Waals surface area contributed by atoms with Crippen LogP contribution in [-0.4, -0.2) is 48.8 Å². The van der Waals surface area contributed by atoms with Gasteiger partial charge < -0.3 is 24.4 Å². The molecule has 2 aromatic rings. The molecule has 9 heteroatoms. The average molecular weight is 522 g/mol. The van der Waals surface area contributed by atoms with E-state index in [1.54, 1.807) is 27.2 Å². The van der Waals surface area contributed by atoms with Crippen LogP contribution in [0, 0.1) is 0 Å². The lowest BCUT2D eigenvalue weighted by molar-refractivity contribution is -0.139. The molecule has 8 nitrogen and oxygen atoms in total. The second-order valence-electron chi connectivity index (χ2n) is 8.75. The number of amides is 1. The first kappa shape index (κ1) is 26.3. The maximum Gasteiger partial charge on any atom is 0.338 e. The number of carbonyl (C=O) groups excluding carboxylic acids is 2. The van der Waals surface area contributed by atoms with E-state index >= 15 is 0 Å². The highest BCUT2D eigenvalue weighted by Gasteiger charge is 2.43. The van der Waals surface area contributed by atoms with Crippen molar-refractivity contribution in [3.8, 4) is 11.5 Å². The number of aliphatic imine (C=N–C) groups is 1. The summed E-state index contributed by atoms with van der Waals surface area (Å²) in [5.41, 5.74) is 3.16. The normalized spacial score (nSPS) is 16.7. The number of ether oxygens (including phenoxy) is 3. The summed E-state index contributed by atoms with van der Waals surface area (Å²) in [6, 6.07) is 14.4. The molecule has 0 unspecified atom stereocenters. The quantitative estimate of drug-likeness (QED) is 0.470. The Morgan fingerprint density at radius 3 is 2.51 bits per heavy atom. The van der Waals surface area contributed by atoms with Gasteiger partial charge in [-0.15, -0.1) is 0 Å². The molecule has 2 aromatic carbocycles. The molecule has 194 valence electrons. The number of rotatable bonds is 9. The minimum Gasteiger partial charge on any atom is -0.497 e. The van der Waals surface area contributed by atoms with E-state index in [1.807, 2.05) is 66.6 Å². The fourth-order valence-corrected chi connectivity index (χ4v) is 5.28. The lowest BCUT2D eigenvalue weighted by atomic mass is 9.90. The zero-order valence-electron chi connectivity index (χ0n) is 21.6. The maximum absolute atomic E-state index is 13.6. The fraction of sp³-hybridized carbons (Fsp3) is 0.321. The minimum atomic E-state index is -0.643. The number of benzene rings is 2. The molecule has 0 spiro atoms. The summed E-state index contributed by atoms with van der Waals surface area (Å²) in [4.78, 5) is 33.2. The molecule has 2 aliphatic heterocycles. The summed E-state index contributed by atoms with van der Waals surface area (Å²) in [5.74, 6) is 0.579. The van der Waals surface area contributed by atoms with Gasteiger partial charge in [-0.3, -0.25) is 4.79 Å². The Hall–Kier alpha value is -3.72.